The molecule has 0 aliphatic rings. The van der Waals surface area contributed by atoms with Crippen molar-refractivity contribution in [1.82, 2.24) is 29.5 Å². The Morgan fingerprint density at radius 2 is 1.76 bits per heavy atom. The van der Waals surface area contributed by atoms with Crippen LogP contribution < -0.4 is 0 Å². The molecule has 0 aliphatic heterocycles. The first-order valence-corrected chi connectivity index (χ1v) is 13.0. The van der Waals surface area contributed by atoms with Gasteiger partial charge in [-0.2, -0.15) is 10.1 Å². The average molecular weight is 533 g/mol. The van der Waals surface area contributed by atoms with Gasteiger partial charge >= 0.3 is 0 Å². The lowest BCUT2D eigenvalue weighted by Gasteiger charge is -2.28. The first kappa shape index (κ1) is 26.1. The van der Waals surface area contributed by atoms with Crippen molar-refractivity contribution >= 4 is 22.6 Å². The Morgan fingerprint density at radius 1 is 1.05 bits per heavy atom. The molecule has 1 aromatic carbocycles. The van der Waals surface area contributed by atoms with Crippen LogP contribution in [0, 0.1) is 27.7 Å². The Morgan fingerprint density at radius 3 is 2.34 bits per heavy atom. The quantitative estimate of drug-likeness (QED) is 0.243. The molecular weight excluding hydrogens is 500 g/mol. The second kappa shape index (κ2) is 9.67. The van der Waals surface area contributed by atoms with E-state index in [0.29, 0.717) is 23.3 Å². The Balaban J connectivity index is 1.85. The average Bonchev–Trinajstić information content (AvgIpc) is 3.52. The van der Waals surface area contributed by atoms with E-state index in [1.807, 2.05) is 76.1 Å². The monoisotopic (exact) mass is 532 g/mol. The Kier molecular flexibility index (Phi) is 6.65. The Hall–Kier alpha value is -3.49. The molecule has 38 heavy (non-hydrogen) atoms. The lowest BCUT2D eigenvalue weighted by Crippen LogP contribution is -2.25. The van der Waals surface area contributed by atoms with Gasteiger partial charge in [0.2, 0.25) is 11.7 Å². The van der Waals surface area contributed by atoms with Crippen LogP contribution in [0.5, 0.6) is 0 Å². The van der Waals surface area contributed by atoms with Gasteiger partial charge in [0.1, 0.15) is 11.8 Å². The Bertz CT molecular complexity index is 1620. The van der Waals surface area contributed by atoms with Crippen molar-refractivity contribution in [2.24, 2.45) is 7.05 Å². The second-order valence-electron chi connectivity index (χ2n) is 10.8. The maximum absolute atomic E-state index is 6.65. The minimum Gasteiger partial charge on any atom is -0.360 e. The predicted molar refractivity (Wildman–Crippen MR) is 148 cm³/mol. The molecular formula is C29H33ClN6O2. The van der Waals surface area contributed by atoms with E-state index >= 15 is 0 Å². The smallest absolute Gasteiger partial charge is 0.223 e. The molecule has 9 heteroatoms. The van der Waals surface area contributed by atoms with Crippen molar-refractivity contribution in [2.45, 2.75) is 66.7 Å². The molecule has 0 aliphatic carbocycles. The zero-order valence-corrected chi connectivity index (χ0v) is 23.9. The van der Waals surface area contributed by atoms with Gasteiger partial charge in [-0.15, -0.1) is 0 Å². The van der Waals surface area contributed by atoms with E-state index in [1.54, 1.807) is 6.92 Å². The number of benzene rings is 1. The van der Waals surface area contributed by atoms with Crippen molar-refractivity contribution in [3.05, 3.63) is 81.5 Å². The summed E-state index contributed by atoms with van der Waals surface area (Å²) in [5.41, 5.74) is 7.65. The van der Waals surface area contributed by atoms with Crippen LogP contribution in [0.2, 0.25) is 5.02 Å². The number of aromatic nitrogens is 6. The van der Waals surface area contributed by atoms with Gasteiger partial charge in [0.05, 0.1) is 18.3 Å². The fourth-order valence-corrected chi connectivity index (χ4v) is 5.10. The van der Waals surface area contributed by atoms with Crippen LogP contribution in [0.25, 0.3) is 22.2 Å². The van der Waals surface area contributed by atoms with Gasteiger partial charge in [-0.3, -0.25) is 4.68 Å². The number of aryl methyl sites for hydroxylation is 4. The molecule has 0 spiro atoms. The standard InChI is InChI=1S/C29H33ClN6O2/c1-16-18(3)36(15-20-13-31-35(8)14-20)28-23(16)25(21-9-11-22(30)12-10-21)24(17(2)32-28)26(37-29(5,6)7)27-33-19(4)38-34-27/h9-14,26H,15H2,1-8H3/t26-/m0/s1. The summed E-state index contributed by atoms with van der Waals surface area (Å²) in [7, 11) is 1.93. The highest BCUT2D eigenvalue weighted by molar-refractivity contribution is 6.30. The van der Waals surface area contributed by atoms with E-state index in [1.165, 1.54) is 0 Å². The third-order valence-corrected chi connectivity index (χ3v) is 6.98. The topological polar surface area (TPSA) is 83.8 Å². The molecule has 0 saturated carbocycles. The highest BCUT2D eigenvalue weighted by atomic mass is 35.5. The summed E-state index contributed by atoms with van der Waals surface area (Å²) >= 11 is 6.31. The molecule has 0 amide bonds. The van der Waals surface area contributed by atoms with Crippen LogP contribution in [0.1, 0.15) is 66.7 Å². The summed E-state index contributed by atoms with van der Waals surface area (Å²) in [5, 5.41) is 10.4. The number of rotatable bonds is 6. The van der Waals surface area contributed by atoms with E-state index < -0.39 is 11.7 Å². The van der Waals surface area contributed by atoms with Gasteiger partial charge < -0.3 is 13.8 Å². The summed E-state index contributed by atoms with van der Waals surface area (Å²) in [6, 6.07) is 7.91. The van der Waals surface area contributed by atoms with Crippen molar-refractivity contribution in [1.29, 1.82) is 0 Å². The van der Waals surface area contributed by atoms with Crippen LogP contribution in [-0.2, 0) is 18.3 Å². The summed E-state index contributed by atoms with van der Waals surface area (Å²) in [6.45, 7) is 14.8. The third kappa shape index (κ3) is 4.86. The maximum atomic E-state index is 6.65. The number of halogens is 1. The highest BCUT2D eigenvalue weighted by Gasteiger charge is 2.33. The molecule has 5 aromatic rings. The van der Waals surface area contributed by atoms with Crippen LogP contribution in [-0.4, -0.2) is 35.1 Å². The Labute approximate surface area is 227 Å². The van der Waals surface area contributed by atoms with Crippen LogP contribution in [0.4, 0.5) is 0 Å². The van der Waals surface area contributed by atoms with Gasteiger partial charge in [0, 0.05) is 58.7 Å². The fraction of sp³-hybridized carbons (Fsp3) is 0.379. The van der Waals surface area contributed by atoms with Crippen molar-refractivity contribution in [3.63, 3.8) is 0 Å². The van der Waals surface area contributed by atoms with E-state index in [9.17, 15) is 0 Å². The number of fused-ring (bicyclic) bond motifs is 1. The zero-order chi connectivity index (χ0) is 27.4. The molecule has 0 N–H and O–H groups in total. The van der Waals surface area contributed by atoms with E-state index in [0.717, 1.165) is 50.2 Å². The number of hydrogen-bond acceptors (Lipinski definition) is 6. The molecule has 0 radical (unpaired) electrons. The maximum Gasteiger partial charge on any atom is 0.223 e. The minimum absolute atomic E-state index is 0.473. The molecule has 1 atom stereocenters. The van der Waals surface area contributed by atoms with E-state index in [-0.39, 0.29) is 0 Å². The molecule has 0 unspecified atom stereocenters. The van der Waals surface area contributed by atoms with Crippen molar-refractivity contribution < 1.29 is 9.26 Å². The highest BCUT2D eigenvalue weighted by Crippen LogP contribution is 2.43. The van der Waals surface area contributed by atoms with E-state index in [4.69, 9.17) is 25.8 Å². The van der Waals surface area contributed by atoms with Crippen LogP contribution in [0.15, 0.2) is 41.2 Å². The summed E-state index contributed by atoms with van der Waals surface area (Å²) in [6.07, 6.45) is 3.35. The van der Waals surface area contributed by atoms with E-state index in [2.05, 4.69) is 33.7 Å². The predicted octanol–water partition coefficient (Wildman–Crippen LogP) is 6.66. The minimum atomic E-state index is -0.587. The molecule has 198 valence electrons. The van der Waals surface area contributed by atoms with Gasteiger partial charge in [0.15, 0.2) is 0 Å². The molecule has 8 nitrogen and oxygen atoms in total. The number of hydrogen-bond donors (Lipinski definition) is 0. The lowest BCUT2D eigenvalue weighted by atomic mass is 9.90. The lowest BCUT2D eigenvalue weighted by molar-refractivity contribution is -0.0472. The van der Waals surface area contributed by atoms with Crippen molar-refractivity contribution in [3.8, 4) is 11.1 Å². The van der Waals surface area contributed by atoms with Crippen molar-refractivity contribution in [2.75, 3.05) is 0 Å². The normalized spacial score (nSPS) is 13.0. The zero-order valence-electron chi connectivity index (χ0n) is 23.1. The van der Waals surface area contributed by atoms with Crippen LogP contribution >= 0.6 is 11.6 Å². The van der Waals surface area contributed by atoms with Crippen LogP contribution in [0.3, 0.4) is 0 Å². The molecule has 4 heterocycles. The molecule has 4 aromatic heterocycles. The summed E-state index contributed by atoms with van der Waals surface area (Å²) < 4.78 is 16.1. The molecule has 0 saturated heterocycles. The molecule has 0 fully saturated rings. The molecule has 0 bridgehead atoms. The molecule has 5 rings (SSSR count). The first-order valence-electron chi connectivity index (χ1n) is 12.6. The number of pyridine rings is 1. The van der Waals surface area contributed by atoms with Gasteiger partial charge in [0.25, 0.3) is 0 Å². The number of ether oxygens (including phenoxy) is 1. The number of nitrogens with zero attached hydrogens (tertiary/aromatic N) is 6. The second-order valence-corrected chi connectivity index (χ2v) is 11.2. The largest absolute Gasteiger partial charge is 0.360 e. The summed E-state index contributed by atoms with van der Waals surface area (Å²) in [5.74, 6) is 0.956. The first-order chi connectivity index (χ1) is 17.9. The summed E-state index contributed by atoms with van der Waals surface area (Å²) in [4.78, 5) is 9.77. The fourth-order valence-electron chi connectivity index (χ4n) is 4.98. The third-order valence-electron chi connectivity index (χ3n) is 6.73. The van der Waals surface area contributed by atoms with Gasteiger partial charge in [-0.05, 0) is 64.8 Å². The van der Waals surface area contributed by atoms with Gasteiger partial charge in [-0.25, -0.2) is 4.98 Å². The SMILES string of the molecule is Cc1nc([C@@H](OC(C)(C)C)c2c(C)nc3c(c(C)c(C)n3Cc3cnn(C)c3)c2-c2ccc(Cl)cc2)no1. The van der Waals surface area contributed by atoms with Gasteiger partial charge in [-0.1, -0.05) is 28.9 Å².